The summed E-state index contributed by atoms with van der Waals surface area (Å²) in [6.45, 7) is 14.5. The Morgan fingerprint density at radius 3 is 2.86 bits per heavy atom. The van der Waals surface area contributed by atoms with Gasteiger partial charge in [0.15, 0.2) is 0 Å². The van der Waals surface area contributed by atoms with Gasteiger partial charge in [0.1, 0.15) is 5.76 Å². The Morgan fingerprint density at radius 2 is 2.29 bits per heavy atom. The van der Waals surface area contributed by atoms with Crippen molar-refractivity contribution in [1.29, 1.82) is 0 Å². The van der Waals surface area contributed by atoms with Crippen molar-refractivity contribution >= 4 is 6.72 Å². The maximum absolute atomic E-state index is 6.09. The van der Waals surface area contributed by atoms with Gasteiger partial charge >= 0.3 is 0 Å². The number of allylic oxidation sites excluding steroid dienone is 5. The lowest BCUT2D eigenvalue weighted by Gasteiger charge is -2.16. The lowest BCUT2D eigenvalue weighted by atomic mass is 10.1. The molecule has 0 amide bonds. The van der Waals surface area contributed by atoms with Crippen LogP contribution >= 0.6 is 0 Å². The molecule has 21 heavy (non-hydrogen) atoms. The van der Waals surface area contributed by atoms with Gasteiger partial charge in [0.2, 0.25) is 0 Å². The molecule has 0 aromatic carbocycles. The number of rotatable bonds is 9. The molecule has 1 heterocycles. The van der Waals surface area contributed by atoms with Crippen LogP contribution < -0.4 is 5.32 Å². The SMILES string of the molecule is C=NC=CC=C(CC)C(=CCC(=C)C)OCC1CCNC1. The van der Waals surface area contributed by atoms with Crippen LogP contribution in [0.15, 0.2) is 52.9 Å². The summed E-state index contributed by atoms with van der Waals surface area (Å²) in [5, 5.41) is 3.37. The van der Waals surface area contributed by atoms with Crippen LogP contribution in [0.1, 0.15) is 33.1 Å². The lowest BCUT2D eigenvalue weighted by molar-refractivity contribution is 0.177. The van der Waals surface area contributed by atoms with Crippen LogP contribution in [-0.4, -0.2) is 26.4 Å². The second-order valence-corrected chi connectivity index (χ2v) is 5.47. The maximum atomic E-state index is 6.09. The Kier molecular flexibility index (Phi) is 8.44. The number of aliphatic imine (C=N–C) groups is 1. The van der Waals surface area contributed by atoms with Crippen molar-refractivity contribution in [3.63, 3.8) is 0 Å². The predicted molar refractivity (Wildman–Crippen MR) is 91.5 cm³/mol. The third kappa shape index (κ3) is 7.09. The van der Waals surface area contributed by atoms with E-state index in [0.29, 0.717) is 5.92 Å². The van der Waals surface area contributed by atoms with E-state index in [2.05, 4.69) is 36.6 Å². The van der Waals surface area contributed by atoms with E-state index in [1.807, 2.05) is 19.1 Å². The number of ether oxygens (including phenoxy) is 1. The topological polar surface area (TPSA) is 33.6 Å². The predicted octanol–water partition coefficient (Wildman–Crippen LogP) is 4.01. The second kappa shape index (κ2) is 10.2. The van der Waals surface area contributed by atoms with Crippen LogP contribution in [0.4, 0.5) is 0 Å². The van der Waals surface area contributed by atoms with E-state index in [1.54, 1.807) is 6.20 Å². The molecule has 0 aromatic heterocycles. The Bertz CT molecular complexity index is 426. The summed E-state index contributed by atoms with van der Waals surface area (Å²) >= 11 is 0. The monoisotopic (exact) mass is 288 g/mol. The smallest absolute Gasteiger partial charge is 0.118 e. The van der Waals surface area contributed by atoms with Gasteiger partial charge in [0.25, 0.3) is 0 Å². The van der Waals surface area contributed by atoms with Gasteiger partial charge in [0, 0.05) is 18.7 Å². The van der Waals surface area contributed by atoms with E-state index in [-0.39, 0.29) is 0 Å². The molecule has 0 bridgehead atoms. The second-order valence-electron chi connectivity index (χ2n) is 5.47. The first kappa shape index (κ1) is 17.4. The highest BCUT2D eigenvalue weighted by molar-refractivity contribution is 5.31. The zero-order chi connectivity index (χ0) is 15.5. The molecular weight excluding hydrogens is 260 g/mol. The molecule has 1 unspecified atom stereocenters. The zero-order valence-corrected chi connectivity index (χ0v) is 13.4. The normalized spacial score (nSPS) is 20.0. The largest absolute Gasteiger partial charge is 0.493 e. The van der Waals surface area contributed by atoms with Crippen molar-refractivity contribution in [2.75, 3.05) is 19.7 Å². The van der Waals surface area contributed by atoms with E-state index < -0.39 is 0 Å². The van der Waals surface area contributed by atoms with Crippen LogP contribution in [0.5, 0.6) is 0 Å². The first-order valence-corrected chi connectivity index (χ1v) is 7.67. The molecule has 0 radical (unpaired) electrons. The first-order valence-electron chi connectivity index (χ1n) is 7.67. The van der Waals surface area contributed by atoms with Gasteiger partial charge in [-0.3, -0.25) is 4.99 Å². The molecule has 1 rings (SSSR count). The number of hydrogen-bond donors (Lipinski definition) is 1. The fourth-order valence-electron chi connectivity index (χ4n) is 2.21. The molecule has 1 atom stereocenters. The van der Waals surface area contributed by atoms with Gasteiger partial charge in [-0.05, 0) is 57.2 Å². The van der Waals surface area contributed by atoms with Crippen molar-refractivity contribution in [2.24, 2.45) is 10.9 Å². The summed E-state index contributed by atoms with van der Waals surface area (Å²) in [6.07, 6.45) is 10.7. The molecular formula is C18H28N2O. The Morgan fingerprint density at radius 1 is 1.48 bits per heavy atom. The van der Waals surface area contributed by atoms with Crippen molar-refractivity contribution in [2.45, 2.75) is 33.1 Å². The Hall–Kier alpha value is -1.61. The fraction of sp³-hybridized carbons (Fsp3) is 0.500. The van der Waals surface area contributed by atoms with Gasteiger partial charge in [-0.1, -0.05) is 25.2 Å². The zero-order valence-electron chi connectivity index (χ0n) is 13.4. The Balaban J connectivity index is 2.75. The molecule has 1 fully saturated rings. The molecule has 1 aliphatic rings. The summed E-state index contributed by atoms with van der Waals surface area (Å²) < 4.78 is 6.09. The molecule has 0 aliphatic carbocycles. The molecule has 116 valence electrons. The summed E-state index contributed by atoms with van der Waals surface area (Å²) in [6, 6.07) is 0. The van der Waals surface area contributed by atoms with Gasteiger partial charge in [0.05, 0.1) is 6.61 Å². The standard InChI is InChI=1S/C18H28N2O/c1-5-17(7-6-11-19-4)18(9-8-15(2)3)21-14-16-10-12-20-13-16/h6-7,9,11,16,20H,2,4-5,8,10,12-14H2,1,3H3. The van der Waals surface area contributed by atoms with Gasteiger partial charge in [-0.25, -0.2) is 0 Å². The summed E-state index contributed by atoms with van der Waals surface area (Å²) in [4.78, 5) is 3.73. The fourth-order valence-corrected chi connectivity index (χ4v) is 2.21. The van der Waals surface area contributed by atoms with Gasteiger partial charge < -0.3 is 10.1 Å². The van der Waals surface area contributed by atoms with Gasteiger partial charge in [-0.2, -0.15) is 0 Å². The van der Waals surface area contributed by atoms with Crippen LogP contribution in [0.25, 0.3) is 0 Å². The molecule has 3 heteroatoms. The highest BCUT2D eigenvalue weighted by Crippen LogP contribution is 2.20. The quantitative estimate of drug-likeness (QED) is 0.301. The third-order valence-corrected chi connectivity index (χ3v) is 3.46. The van der Waals surface area contributed by atoms with Crippen LogP contribution in [-0.2, 0) is 4.74 Å². The molecule has 1 N–H and O–H groups in total. The lowest BCUT2D eigenvalue weighted by Crippen LogP contribution is -2.14. The van der Waals surface area contributed by atoms with Crippen LogP contribution in [0.2, 0.25) is 0 Å². The summed E-state index contributed by atoms with van der Waals surface area (Å²) in [7, 11) is 0. The maximum Gasteiger partial charge on any atom is 0.118 e. The third-order valence-electron chi connectivity index (χ3n) is 3.46. The number of hydrogen-bond acceptors (Lipinski definition) is 3. The molecule has 0 spiro atoms. The van der Waals surface area contributed by atoms with E-state index in [9.17, 15) is 0 Å². The van der Waals surface area contributed by atoms with E-state index in [4.69, 9.17) is 4.74 Å². The van der Waals surface area contributed by atoms with Crippen molar-refractivity contribution in [1.82, 2.24) is 5.32 Å². The van der Waals surface area contributed by atoms with Crippen LogP contribution in [0, 0.1) is 5.92 Å². The first-order chi connectivity index (χ1) is 10.2. The van der Waals surface area contributed by atoms with E-state index in [1.165, 1.54) is 12.0 Å². The molecule has 0 saturated carbocycles. The molecule has 0 aromatic rings. The number of nitrogens with one attached hydrogen (secondary N) is 1. The van der Waals surface area contributed by atoms with Crippen molar-refractivity contribution in [3.05, 3.63) is 47.9 Å². The average Bonchev–Trinajstić information content (AvgIpc) is 2.98. The minimum atomic E-state index is 0.613. The molecule has 1 saturated heterocycles. The molecule has 3 nitrogen and oxygen atoms in total. The number of nitrogens with zero attached hydrogens (tertiary/aromatic N) is 1. The van der Waals surface area contributed by atoms with Gasteiger partial charge in [-0.15, -0.1) is 0 Å². The average molecular weight is 288 g/mol. The summed E-state index contributed by atoms with van der Waals surface area (Å²) in [5.41, 5.74) is 2.32. The minimum Gasteiger partial charge on any atom is -0.493 e. The molecule has 1 aliphatic heterocycles. The minimum absolute atomic E-state index is 0.613. The Labute approximate surface area is 129 Å². The van der Waals surface area contributed by atoms with Crippen molar-refractivity contribution < 1.29 is 4.74 Å². The van der Waals surface area contributed by atoms with Crippen molar-refractivity contribution in [3.8, 4) is 0 Å². The van der Waals surface area contributed by atoms with E-state index in [0.717, 1.165) is 43.9 Å². The van der Waals surface area contributed by atoms with E-state index >= 15 is 0 Å². The van der Waals surface area contributed by atoms with Crippen LogP contribution in [0.3, 0.4) is 0 Å². The highest BCUT2D eigenvalue weighted by Gasteiger charge is 2.16. The summed E-state index contributed by atoms with van der Waals surface area (Å²) in [5.74, 6) is 1.59. The highest BCUT2D eigenvalue weighted by atomic mass is 16.5.